The van der Waals surface area contributed by atoms with Gasteiger partial charge in [-0.15, -0.1) is 0 Å². The topological polar surface area (TPSA) is 76.8 Å². The number of carbonyl (C=O) groups excluding carboxylic acids is 1. The van der Waals surface area contributed by atoms with Crippen LogP contribution in [0.5, 0.6) is 11.5 Å². The van der Waals surface area contributed by atoms with Gasteiger partial charge in [-0.05, 0) is 73.6 Å². The van der Waals surface area contributed by atoms with Gasteiger partial charge in [0, 0.05) is 12.7 Å². The minimum atomic E-state index is -0.178. The Kier molecular flexibility index (Phi) is 5.47. The van der Waals surface area contributed by atoms with E-state index < -0.39 is 0 Å². The molecule has 0 saturated heterocycles. The molecule has 1 N–H and O–H groups in total. The van der Waals surface area contributed by atoms with Gasteiger partial charge in [0.2, 0.25) is 5.89 Å². The molecule has 32 heavy (non-hydrogen) atoms. The largest absolute Gasteiger partial charge is 0.493 e. The Morgan fingerprint density at radius 3 is 2.81 bits per heavy atom. The van der Waals surface area contributed by atoms with Crippen LogP contribution in [0.15, 0.2) is 47.0 Å². The normalized spacial score (nSPS) is 16.9. The monoisotopic (exact) mass is 433 g/mol. The van der Waals surface area contributed by atoms with Crippen molar-refractivity contribution in [3.63, 3.8) is 0 Å². The lowest BCUT2D eigenvalue weighted by Gasteiger charge is -2.25. The van der Waals surface area contributed by atoms with E-state index in [1.165, 1.54) is 12.8 Å². The van der Waals surface area contributed by atoms with Crippen LogP contribution < -0.4 is 14.8 Å². The van der Waals surface area contributed by atoms with Gasteiger partial charge in [-0.1, -0.05) is 12.1 Å². The first-order chi connectivity index (χ1) is 15.6. The van der Waals surface area contributed by atoms with Gasteiger partial charge in [0.1, 0.15) is 12.1 Å². The zero-order chi connectivity index (χ0) is 22.1. The summed E-state index contributed by atoms with van der Waals surface area (Å²) < 4.78 is 17.6. The van der Waals surface area contributed by atoms with E-state index in [2.05, 4.69) is 10.3 Å². The molecule has 2 amide bonds. The fourth-order valence-electron chi connectivity index (χ4n) is 4.31. The lowest BCUT2D eigenvalue weighted by molar-refractivity contribution is 0.200. The summed E-state index contributed by atoms with van der Waals surface area (Å²) in [6, 6.07) is 11.6. The number of fused-ring (bicyclic) bond motifs is 1. The van der Waals surface area contributed by atoms with Crippen molar-refractivity contribution in [2.45, 2.75) is 45.3 Å². The number of carbonyl (C=O) groups is 1. The molecule has 2 heterocycles. The van der Waals surface area contributed by atoms with Crippen LogP contribution in [0.4, 0.5) is 4.79 Å². The van der Waals surface area contributed by atoms with Crippen LogP contribution in [0.2, 0.25) is 0 Å². The number of nitrogens with one attached hydrogen (secondary N) is 1. The number of amides is 2. The molecule has 5 rings (SSSR count). The molecule has 1 saturated carbocycles. The zero-order valence-corrected chi connectivity index (χ0v) is 18.4. The molecular formula is C25H27N3O4. The summed E-state index contributed by atoms with van der Waals surface area (Å²) in [4.78, 5) is 18.6. The van der Waals surface area contributed by atoms with Gasteiger partial charge < -0.3 is 19.2 Å². The van der Waals surface area contributed by atoms with Gasteiger partial charge in [-0.3, -0.25) is 4.90 Å². The summed E-state index contributed by atoms with van der Waals surface area (Å²) in [5.74, 6) is 1.97. The molecular weight excluding hydrogens is 406 g/mol. The number of methoxy groups -OCH3 is 1. The summed E-state index contributed by atoms with van der Waals surface area (Å²) in [5.41, 5.74) is 4.60. The Morgan fingerprint density at radius 1 is 1.16 bits per heavy atom. The van der Waals surface area contributed by atoms with Gasteiger partial charge in [0.25, 0.3) is 0 Å². The SMILES string of the molecule is COc1ccc(C2=CN(Cc3nc4cc(C)ccc4o3)C(=O)NC2)cc1OC1CCCC1. The van der Waals surface area contributed by atoms with Crippen LogP contribution in [0.25, 0.3) is 16.7 Å². The van der Waals surface area contributed by atoms with E-state index in [0.29, 0.717) is 12.4 Å². The highest BCUT2D eigenvalue weighted by atomic mass is 16.5. The fourth-order valence-corrected chi connectivity index (χ4v) is 4.31. The predicted molar refractivity (Wildman–Crippen MR) is 122 cm³/mol. The van der Waals surface area contributed by atoms with Gasteiger partial charge in [-0.2, -0.15) is 0 Å². The molecule has 3 aromatic rings. The number of rotatable bonds is 6. The van der Waals surface area contributed by atoms with E-state index in [-0.39, 0.29) is 18.7 Å². The molecule has 166 valence electrons. The van der Waals surface area contributed by atoms with Crippen molar-refractivity contribution in [3.8, 4) is 11.5 Å². The molecule has 7 nitrogen and oxygen atoms in total. The second-order valence-electron chi connectivity index (χ2n) is 8.41. The van der Waals surface area contributed by atoms with Crippen LogP contribution in [0.3, 0.4) is 0 Å². The van der Waals surface area contributed by atoms with Crippen molar-refractivity contribution in [1.29, 1.82) is 0 Å². The third kappa shape index (κ3) is 4.15. The van der Waals surface area contributed by atoms with E-state index in [1.54, 1.807) is 12.0 Å². The van der Waals surface area contributed by atoms with Gasteiger partial charge >= 0.3 is 6.03 Å². The smallest absolute Gasteiger partial charge is 0.322 e. The Labute approximate surface area is 187 Å². The Morgan fingerprint density at radius 2 is 2.00 bits per heavy atom. The maximum Gasteiger partial charge on any atom is 0.322 e. The highest BCUT2D eigenvalue weighted by Crippen LogP contribution is 2.34. The lowest BCUT2D eigenvalue weighted by atomic mass is 10.0. The number of benzene rings is 2. The molecule has 7 heteroatoms. The molecule has 2 aliphatic rings. The first-order valence-electron chi connectivity index (χ1n) is 11.1. The first kappa shape index (κ1) is 20.4. The minimum absolute atomic E-state index is 0.178. The van der Waals surface area contributed by atoms with E-state index in [9.17, 15) is 4.79 Å². The van der Waals surface area contributed by atoms with Crippen LogP contribution >= 0.6 is 0 Å². The number of ether oxygens (including phenoxy) is 2. The average molecular weight is 434 g/mol. The van der Waals surface area contributed by atoms with Gasteiger partial charge in [0.15, 0.2) is 17.1 Å². The zero-order valence-electron chi connectivity index (χ0n) is 18.4. The second-order valence-corrected chi connectivity index (χ2v) is 8.41. The van der Waals surface area contributed by atoms with Crippen molar-refractivity contribution in [1.82, 2.24) is 15.2 Å². The summed E-state index contributed by atoms with van der Waals surface area (Å²) in [7, 11) is 1.65. The Hall–Kier alpha value is -3.48. The summed E-state index contributed by atoms with van der Waals surface area (Å²) in [6.07, 6.45) is 6.65. The standard InChI is InChI=1S/C25H27N3O4/c1-16-7-9-21-20(11-16)27-24(32-21)15-28-14-18(13-26-25(28)29)17-8-10-22(30-2)23(12-17)31-19-5-3-4-6-19/h7-12,14,19H,3-6,13,15H2,1-2H3,(H,26,29). The van der Waals surface area contributed by atoms with Crippen LogP contribution in [-0.4, -0.2) is 35.7 Å². The second kappa shape index (κ2) is 8.57. The number of urea groups is 1. The van der Waals surface area contributed by atoms with E-state index in [1.807, 2.05) is 49.5 Å². The summed E-state index contributed by atoms with van der Waals surface area (Å²) >= 11 is 0. The summed E-state index contributed by atoms with van der Waals surface area (Å²) in [5, 5.41) is 2.94. The number of aryl methyl sites for hydroxylation is 1. The molecule has 1 fully saturated rings. The predicted octanol–water partition coefficient (Wildman–Crippen LogP) is 5.03. The molecule has 0 unspecified atom stereocenters. The van der Waals surface area contributed by atoms with Crippen LogP contribution in [0.1, 0.15) is 42.7 Å². The van der Waals surface area contributed by atoms with E-state index in [4.69, 9.17) is 13.9 Å². The van der Waals surface area contributed by atoms with Crippen LogP contribution in [-0.2, 0) is 6.54 Å². The highest BCUT2D eigenvalue weighted by Gasteiger charge is 2.23. The molecule has 1 aliphatic heterocycles. The third-order valence-electron chi connectivity index (χ3n) is 6.03. The summed E-state index contributed by atoms with van der Waals surface area (Å²) in [6.45, 7) is 2.71. The third-order valence-corrected chi connectivity index (χ3v) is 6.03. The number of oxazole rings is 1. The van der Waals surface area contributed by atoms with E-state index in [0.717, 1.165) is 52.1 Å². The Bertz CT molecular complexity index is 1180. The van der Waals surface area contributed by atoms with Gasteiger partial charge in [-0.25, -0.2) is 9.78 Å². The molecule has 0 atom stereocenters. The number of hydrogen-bond donors (Lipinski definition) is 1. The molecule has 0 bridgehead atoms. The number of aromatic nitrogens is 1. The van der Waals surface area contributed by atoms with Crippen molar-refractivity contribution in [2.24, 2.45) is 0 Å². The van der Waals surface area contributed by atoms with Crippen LogP contribution in [0, 0.1) is 6.92 Å². The maximum absolute atomic E-state index is 12.5. The molecule has 0 radical (unpaired) electrons. The molecule has 0 spiro atoms. The van der Waals surface area contributed by atoms with Crippen molar-refractivity contribution < 1.29 is 18.7 Å². The molecule has 1 aromatic heterocycles. The molecule has 1 aliphatic carbocycles. The minimum Gasteiger partial charge on any atom is -0.493 e. The molecule has 2 aromatic carbocycles. The van der Waals surface area contributed by atoms with E-state index >= 15 is 0 Å². The van der Waals surface area contributed by atoms with Crippen molar-refractivity contribution in [3.05, 3.63) is 59.6 Å². The average Bonchev–Trinajstić information content (AvgIpc) is 3.44. The van der Waals surface area contributed by atoms with Crippen molar-refractivity contribution in [2.75, 3.05) is 13.7 Å². The number of hydrogen-bond acceptors (Lipinski definition) is 5. The lowest BCUT2D eigenvalue weighted by Crippen LogP contribution is -2.41. The fraction of sp³-hybridized carbons (Fsp3) is 0.360. The highest BCUT2D eigenvalue weighted by molar-refractivity contribution is 5.84. The quantitative estimate of drug-likeness (QED) is 0.590. The maximum atomic E-state index is 12.5. The Balaban J connectivity index is 1.40. The van der Waals surface area contributed by atoms with Crippen molar-refractivity contribution >= 4 is 22.7 Å². The van der Waals surface area contributed by atoms with Gasteiger partial charge in [0.05, 0.1) is 13.2 Å². The number of nitrogens with zero attached hydrogens (tertiary/aromatic N) is 2. The first-order valence-corrected chi connectivity index (χ1v) is 11.1.